The van der Waals surface area contributed by atoms with Gasteiger partial charge in [-0.3, -0.25) is 9.59 Å². The number of rotatable bonds is 2. The number of amides is 2. The summed E-state index contributed by atoms with van der Waals surface area (Å²) < 4.78 is 0. The second-order valence-electron chi connectivity index (χ2n) is 7.39. The third-order valence-electron chi connectivity index (χ3n) is 5.65. The molecule has 5 heteroatoms. The van der Waals surface area contributed by atoms with Crippen LogP contribution in [0, 0.1) is 11.8 Å². The third-order valence-corrected chi connectivity index (χ3v) is 5.65. The number of nitrogens with zero attached hydrogens (tertiary/aromatic N) is 1. The molecule has 25 heavy (non-hydrogen) atoms. The highest BCUT2D eigenvalue weighted by Gasteiger charge is 2.39. The Morgan fingerprint density at radius 1 is 1.20 bits per heavy atom. The van der Waals surface area contributed by atoms with Crippen LogP contribution < -0.4 is 10.6 Å². The lowest BCUT2D eigenvalue weighted by Gasteiger charge is -2.43. The minimum Gasteiger partial charge on any atom is -0.353 e. The molecule has 0 bridgehead atoms. The normalized spacial score (nSPS) is 28.9. The summed E-state index contributed by atoms with van der Waals surface area (Å²) in [7, 11) is 0. The first-order chi connectivity index (χ1) is 12.1. The molecule has 4 unspecified atom stereocenters. The fourth-order valence-corrected chi connectivity index (χ4v) is 4.33. The second kappa shape index (κ2) is 6.47. The van der Waals surface area contributed by atoms with Crippen LogP contribution in [0.15, 0.2) is 36.4 Å². The van der Waals surface area contributed by atoms with Crippen molar-refractivity contribution in [1.29, 1.82) is 0 Å². The SMILES string of the molecule is CC1CC(=O)NC2CC(NC(=O)c3ccc4ccccc4n3)CCC12. The molecular weight excluding hydrogens is 314 g/mol. The van der Waals surface area contributed by atoms with Crippen molar-refractivity contribution in [3.8, 4) is 0 Å². The maximum absolute atomic E-state index is 12.6. The lowest BCUT2D eigenvalue weighted by molar-refractivity contribution is -0.126. The molecule has 0 spiro atoms. The first-order valence-corrected chi connectivity index (χ1v) is 9.06. The average Bonchev–Trinajstić information content (AvgIpc) is 2.60. The minimum atomic E-state index is -0.135. The van der Waals surface area contributed by atoms with Crippen LogP contribution >= 0.6 is 0 Å². The predicted molar refractivity (Wildman–Crippen MR) is 96.0 cm³/mol. The van der Waals surface area contributed by atoms with E-state index in [1.165, 1.54) is 0 Å². The molecule has 2 heterocycles. The number of nitrogens with one attached hydrogen (secondary N) is 2. The van der Waals surface area contributed by atoms with Gasteiger partial charge in [-0.05, 0) is 43.2 Å². The number of pyridine rings is 1. The van der Waals surface area contributed by atoms with Gasteiger partial charge in [-0.15, -0.1) is 0 Å². The molecule has 1 aliphatic heterocycles. The Labute approximate surface area is 147 Å². The van der Waals surface area contributed by atoms with Gasteiger partial charge in [0.15, 0.2) is 0 Å². The summed E-state index contributed by atoms with van der Waals surface area (Å²) in [6, 6.07) is 11.7. The zero-order valence-corrected chi connectivity index (χ0v) is 14.4. The Morgan fingerprint density at radius 3 is 2.92 bits per heavy atom. The Balaban J connectivity index is 1.44. The summed E-state index contributed by atoms with van der Waals surface area (Å²) in [5.74, 6) is 0.962. The highest BCUT2D eigenvalue weighted by Crippen LogP contribution is 2.35. The molecule has 2 amide bonds. The molecule has 2 aliphatic rings. The molecule has 2 fully saturated rings. The van der Waals surface area contributed by atoms with E-state index in [9.17, 15) is 9.59 Å². The predicted octanol–water partition coefficient (Wildman–Crippen LogP) is 2.66. The Morgan fingerprint density at radius 2 is 2.04 bits per heavy atom. The average molecular weight is 337 g/mol. The Hall–Kier alpha value is -2.43. The maximum atomic E-state index is 12.6. The molecule has 0 radical (unpaired) electrons. The number of piperidine rings is 1. The first kappa shape index (κ1) is 16.1. The summed E-state index contributed by atoms with van der Waals surface area (Å²) in [6.45, 7) is 2.16. The van der Waals surface area contributed by atoms with E-state index in [-0.39, 0.29) is 23.9 Å². The van der Waals surface area contributed by atoms with Crippen LogP contribution in [-0.4, -0.2) is 28.9 Å². The first-order valence-electron chi connectivity index (χ1n) is 9.06. The number of fused-ring (bicyclic) bond motifs is 2. The molecule has 2 aromatic rings. The number of para-hydroxylation sites is 1. The van der Waals surface area contributed by atoms with Crippen molar-refractivity contribution < 1.29 is 9.59 Å². The van der Waals surface area contributed by atoms with Gasteiger partial charge >= 0.3 is 0 Å². The minimum absolute atomic E-state index is 0.0904. The lowest BCUT2D eigenvalue weighted by Crippen LogP contribution is -2.54. The Bertz CT molecular complexity index is 819. The number of hydrogen-bond donors (Lipinski definition) is 2. The van der Waals surface area contributed by atoms with E-state index in [1.54, 1.807) is 6.07 Å². The van der Waals surface area contributed by atoms with E-state index in [0.29, 0.717) is 24.0 Å². The van der Waals surface area contributed by atoms with E-state index in [0.717, 1.165) is 30.2 Å². The van der Waals surface area contributed by atoms with Crippen molar-refractivity contribution in [2.45, 2.75) is 44.7 Å². The standard InChI is InChI=1S/C20H23N3O2/c1-12-10-19(24)23-18-11-14(7-8-15(12)18)21-20(25)17-9-6-13-4-2-3-5-16(13)22-17/h2-6,9,12,14-15,18H,7-8,10-11H2,1H3,(H,21,25)(H,23,24). The highest BCUT2D eigenvalue weighted by molar-refractivity contribution is 5.95. The Kier molecular flexibility index (Phi) is 4.15. The summed E-state index contributed by atoms with van der Waals surface area (Å²) in [5.41, 5.74) is 1.27. The lowest BCUT2D eigenvalue weighted by atomic mass is 9.72. The quantitative estimate of drug-likeness (QED) is 0.885. The summed E-state index contributed by atoms with van der Waals surface area (Å²) in [6.07, 6.45) is 3.43. The molecule has 1 aliphatic carbocycles. The zero-order valence-electron chi connectivity index (χ0n) is 14.4. The van der Waals surface area contributed by atoms with Crippen molar-refractivity contribution in [1.82, 2.24) is 15.6 Å². The highest BCUT2D eigenvalue weighted by atomic mass is 16.2. The third kappa shape index (κ3) is 3.23. The fourth-order valence-electron chi connectivity index (χ4n) is 4.33. The van der Waals surface area contributed by atoms with E-state index >= 15 is 0 Å². The smallest absolute Gasteiger partial charge is 0.270 e. The zero-order chi connectivity index (χ0) is 17.4. The van der Waals surface area contributed by atoms with Gasteiger partial charge in [-0.1, -0.05) is 31.2 Å². The molecule has 5 nitrogen and oxygen atoms in total. The largest absolute Gasteiger partial charge is 0.353 e. The number of aromatic nitrogens is 1. The summed E-state index contributed by atoms with van der Waals surface area (Å²) >= 11 is 0. The molecule has 4 rings (SSSR count). The molecule has 1 saturated carbocycles. The van der Waals surface area contributed by atoms with E-state index in [4.69, 9.17) is 0 Å². The van der Waals surface area contributed by atoms with Crippen molar-refractivity contribution in [3.63, 3.8) is 0 Å². The molecule has 2 N–H and O–H groups in total. The van der Waals surface area contributed by atoms with Crippen LogP contribution in [0.1, 0.15) is 43.1 Å². The van der Waals surface area contributed by atoms with E-state index in [1.807, 2.05) is 30.3 Å². The topological polar surface area (TPSA) is 71.1 Å². The van der Waals surface area contributed by atoms with Crippen molar-refractivity contribution in [2.75, 3.05) is 0 Å². The van der Waals surface area contributed by atoms with Crippen LogP contribution in [0.4, 0.5) is 0 Å². The van der Waals surface area contributed by atoms with Crippen molar-refractivity contribution in [2.24, 2.45) is 11.8 Å². The molecule has 1 saturated heterocycles. The monoisotopic (exact) mass is 337 g/mol. The van der Waals surface area contributed by atoms with Gasteiger partial charge in [-0.25, -0.2) is 4.98 Å². The van der Waals surface area contributed by atoms with Crippen LogP contribution in [0.5, 0.6) is 0 Å². The summed E-state index contributed by atoms with van der Waals surface area (Å²) in [5, 5.41) is 7.25. The van der Waals surface area contributed by atoms with Crippen molar-refractivity contribution in [3.05, 3.63) is 42.1 Å². The van der Waals surface area contributed by atoms with Gasteiger partial charge < -0.3 is 10.6 Å². The van der Waals surface area contributed by atoms with Crippen LogP contribution in [0.25, 0.3) is 10.9 Å². The molecule has 1 aromatic carbocycles. The molecule has 130 valence electrons. The van der Waals surface area contributed by atoms with E-state index < -0.39 is 0 Å². The van der Waals surface area contributed by atoms with E-state index in [2.05, 4.69) is 22.5 Å². The maximum Gasteiger partial charge on any atom is 0.270 e. The number of carbonyl (C=O) groups excluding carboxylic acids is 2. The van der Waals surface area contributed by atoms with Gasteiger partial charge in [0.05, 0.1) is 5.52 Å². The number of hydrogen-bond acceptors (Lipinski definition) is 3. The van der Waals surface area contributed by atoms with Gasteiger partial charge in [0, 0.05) is 23.9 Å². The van der Waals surface area contributed by atoms with Crippen LogP contribution in [0.3, 0.4) is 0 Å². The van der Waals surface area contributed by atoms with Gasteiger partial charge in [0.2, 0.25) is 5.91 Å². The molecule has 1 aromatic heterocycles. The van der Waals surface area contributed by atoms with Gasteiger partial charge in [0.25, 0.3) is 5.91 Å². The number of benzene rings is 1. The van der Waals surface area contributed by atoms with Crippen molar-refractivity contribution >= 4 is 22.7 Å². The molecule has 4 atom stereocenters. The fraction of sp³-hybridized carbons (Fsp3) is 0.450. The van der Waals surface area contributed by atoms with Crippen LogP contribution in [0.2, 0.25) is 0 Å². The van der Waals surface area contributed by atoms with Crippen LogP contribution in [-0.2, 0) is 4.79 Å². The van der Waals surface area contributed by atoms with Gasteiger partial charge in [0.1, 0.15) is 5.69 Å². The van der Waals surface area contributed by atoms with Gasteiger partial charge in [-0.2, -0.15) is 0 Å². The second-order valence-corrected chi connectivity index (χ2v) is 7.39. The summed E-state index contributed by atoms with van der Waals surface area (Å²) in [4.78, 5) is 28.8. The number of carbonyl (C=O) groups is 2. The molecular formula is C20H23N3O2.